The van der Waals surface area contributed by atoms with Crippen LogP contribution in [0.15, 0.2) is 0 Å². The van der Waals surface area contributed by atoms with Gasteiger partial charge in [0.1, 0.15) is 0 Å². The van der Waals surface area contributed by atoms with Gasteiger partial charge in [-0.25, -0.2) is 4.21 Å². The maximum atomic E-state index is 11.4. The van der Waals surface area contributed by atoms with Crippen molar-refractivity contribution in [2.75, 3.05) is 0 Å². The van der Waals surface area contributed by atoms with E-state index in [4.69, 9.17) is 14.4 Å². The summed E-state index contributed by atoms with van der Waals surface area (Å²) in [7, 11) is -1.55. The second kappa shape index (κ2) is 5.84. The Labute approximate surface area is 120 Å². The molecule has 1 aliphatic heterocycles. The smallest absolute Gasteiger partial charge is 0.403 e. The van der Waals surface area contributed by atoms with Crippen molar-refractivity contribution in [2.24, 2.45) is 11.1 Å². The third-order valence-corrected chi connectivity index (χ3v) is 5.46. The van der Waals surface area contributed by atoms with Gasteiger partial charge >= 0.3 is 7.12 Å². The average Bonchev–Trinajstić information content (AvgIpc) is 2.43. The van der Waals surface area contributed by atoms with Crippen LogP contribution < -0.4 is 5.14 Å². The Bertz CT molecular complexity index is 331. The summed E-state index contributed by atoms with van der Waals surface area (Å²) in [6.45, 7) is 14.4. The molecule has 1 aliphatic rings. The van der Waals surface area contributed by atoms with Gasteiger partial charge in [-0.1, -0.05) is 13.8 Å². The third kappa shape index (κ3) is 3.81. The van der Waals surface area contributed by atoms with Crippen molar-refractivity contribution in [1.29, 1.82) is 0 Å². The molecule has 0 aromatic carbocycles. The van der Waals surface area contributed by atoms with Gasteiger partial charge in [0, 0.05) is 5.25 Å². The molecule has 0 saturated carbocycles. The van der Waals surface area contributed by atoms with Crippen molar-refractivity contribution < 1.29 is 13.5 Å². The molecule has 0 aliphatic carbocycles. The lowest BCUT2D eigenvalue weighted by atomic mass is 9.64. The van der Waals surface area contributed by atoms with Gasteiger partial charge in [0.05, 0.1) is 22.2 Å². The van der Waals surface area contributed by atoms with Gasteiger partial charge in [-0.15, -0.1) is 0 Å². The molecule has 0 spiro atoms. The molecule has 0 aromatic rings. The topological polar surface area (TPSA) is 61.6 Å². The van der Waals surface area contributed by atoms with Crippen LogP contribution in [-0.2, 0) is 20.3 Å². The molecule has 2 N–H and O–H groups in total. The van der Waals surface area contributed by atoms with E-state index in [-0.39, 0.29) is 29.4 Å². The average molecular weight is 289 g/mol. The molecule has 0 radical (unpaired) electrons. The van der Waals surface area contributed by atoms with Gasteiger partial charge in [-0.05, 0) is 52.8 Å². The quantitative estimate of drug-likeness (QED) is 0.791. The fourth-order valence-corrected chi connectivity index (χ4v) is 2.65. The van der Waals surface area contributed by atoms with Crippen LogP contribution in [0.3, 0.4) is 0 Å². The fourth-order valence-electron chi connectivity index (χ4n) is 2.24. The number of rotatable bonds is 5. The van der Waals surface area contributed by atoms with Crippen LogP contribution in [-0.4, -0.2) is 27.8 Å². The Kier molecular flexibility index (Phi) is 5.27. The minimum Gasteiger partial charge on any atom is -0.403 e. The van der Waals surface area contributed by atoms with Crippen LogP contribution in [0.4, 0.5) is 0 Å². The Morgan fingerprint density at radius 2 is 1.53 bits per heavy atom. The standard InChI is InChI=1S/C13H28BNO3S/c1-9(2)11(8-10(3)19(15)16)14-17-12(4,5)13(6,7)18-14/h9-11H,8,15H2,1-7H3/t10?,11-,19?/m1/s1. The summed E-state index contributed by atoms with van der Waals surface area (Å²) in [5.74, 6) is 0.587. The maximum Gasteiger partial charge on any atom is 0.461 e. The van der Waals surface area contributed by atoms with E-state index in [9.17, 15) is 4.21 Å². The van der Waals surface area contributed by atoms with Gasteiger partial charge in [0.15, 0.2) is 0 Å². The summed E-state index contributed by atoms with van der Waals surface area (Å²) in [5.41, 5.74) is -0.647. The second-order valence-electron chi connectivity index (χ2n) is 6.91. The van der Waals surface area contributed by atoms with Gasteiger partial charge < -0.3 is 9.31 Å². The first-order valence-corrected chi connectivity index (χ1v) is 8.26. The van der Waals surface area contributed by atoms with E-state index in [0.717, 1.165) is 6.42 Å². The van der Waals surface area contributed by atoms with Crippen molar-refractivity contribution >= 4 is 18.1 Å². The first-order valence-electron chi connectivity index (χ1n) is 6.98. The molecule has 6 heteroatoms. The zero-order valence-electron chi connectivity index (χ0n) is 13.2. The summed E-state index contributed by atoms with van der Waals surface area (Å²) < 4.78 is 23.6. The zero-order valence-corrected chi connectivity index (χ0v) is 14.0. The molecular weight excluding hydrogens is 261 g/mol. The Morgan fingerprint density at radius 3 is 1.84 bits per heavy atom. The molecular formula is C13H28BNO3S. The lowest BCUT2D eigenvalue weighted by Gasteiger charge is -2.32. The van der Waals surface area contributed by atoms with Crippen molar-refractivity contribution in [3.63, 3.8) is 0 Å². The predicted octanol–water partition coefficient (Wildman–Crippen LogP) is 2.51. The Morgan fingerprint density at radius 1 is 1.11 bits per heavy atom. The van der Waals surface area contributed by atoms with E-state index >= 15 is 0 Å². The number of hydrogen-bond acceptors (Lipinski definition) is 3. The monoisotopic (exact) mass is 289 g/mol. The van der Waals surface area contributed by atoms with Gasteiger partial charge in [-0.2, -0.15) is 0 Å². The van der Waals surface area contributed by atoms with E-state index in [1.807, 2.05) is 6.92 Å². The van der Waals surface area contributed by atoms with E-state index < -0.39 is 11.0 Å². The molecule has 0 aromatic heterocycles. The highest BCUT2D eigenvalue weighted by molar-refractivity contribution is 7.83. The summed E-state index contributed by atoms with van der Waals surface area (Å²) in [4.78, 5) is 0. The van der Waals surface area contributed by atoms with Crippen LogP contribution in [0, 0.1) is 5.92 Å². The molecule has 1 heterocycles. The minimum atomic E-state index is -1.30. The Balaban J connectivity index is 2.83. The fraction of sp³-hybridized carbons (Fsp3) is 1.00. The second-order valence-corrected chi connectivity index (χ2v) is 8.37. The highest BCUT2D eigenvalue weighted by atomic mass is 32.2. The van der Waals surface area contributed by atoms with E-state index in [1.165, 1.54) is 0 Å². The van der Waals surface area contributed by atoms with Crippen LogP contribution in [0.2, 0.25) is 5.82 Å². The minimum absolute atomic E-state index is 0.0496. The van der Waals surface area contributed by atoms with Crippen LogP contribution >= 0.6 is 0 Å². The highest BCUT2D eigenvalue weighted by Crippen LogP contribution is 2.43. The zero-order chi connectivity index (χ0) is 15.0. The lowest BCUT2D eigenvalue weighted by molar-refractivity contribution is 0.00578. The largest absolute Gasteiger partial charge is 0.461 e. The summed E-state index contributed by atoms with van der Waals surface area (Å²) in [6.07, 6.45) is 0.748. The normalized spacial score (nSPS) is 26.5. The summed E-state index contributed by atoms with van der Waals surface area (Å²) in [5, 5.41) is 5.43. The Hall–Kier alpha value is 0.0949. The summed E-state index contributed by atoms with van der Waals surface area (Å²) in [6, 6.07) is 0. The molecule has 112 valence electrons. The SMILES string of the molecule is CC(C)[C@@H](CC(C)S(N)=O)B1OC(C)(C)C(C)(C)O1. The van der Waals surface area contributed by atoms with E-state index in [0.29, 0.717) is 5.92 Å². The molecule has 1 rings (SSSR count). The van der Waals surface area contributed by atoms with Crippen LogP contribution in [0.25, 0.3) is 0 Å². The van der Waals surface area contributed by atoms with E-state index in [2.05, 4.69) is 41.5 Å². The lowest BCUT2D eigenvalue weighted by Crippen LogP contribution is -2.41. The van der Waals surface area contributed by atoms with Gasteiger partial charge in [0.2, 0.25) is 0 Å². The number of nitrogens with two attached hydrogens (primary N) is 1. The molecule has 19 heavy (non-hydrogen) atoms. The third-order valence-electron chi connectivity index (χ3n) is 4.48. The van der Waals surface area contributed by atoms with Gasteiger partial charge in [0.25, 0.3) is 0 Å². The van der Waals surface area contributed by atoms with Crippen LogP contribution in [0.1, 0.15) is 54.9 Å². The maximum absolute atomic E-state index is 11.4. The van der Waals surface area contributed by atoms with Crippen molar-refractivity contribution in [2.45, 2.75) is 77.2 Å². The van der Waals surface area contributed by atoms with E-state index in [1.54, 1.807) is 0 Å². The highest BCUT2D eigenvalue weighted by Gasteiger charge is 2.54. The summed E-state index contributed by atoms with van der Waals surface area (Å²) >= 11 is 0. The molecule has 1 saturated heterocycles. The van der Waals surface area contributed by atoms with Crippen LogP contribution in [0.5, 0.6) is 0 Å². The molecule has 4 nitrogen and oxygen atoms in total. The van der Waals surface area contributed by atoms with Crippen molar-refractivity contribution in [1.82, 2.24) is 0 Å². The molecule has 1 fully saturated rings. The molecule has 0 bridgehead atoms. The first kappa shape index (κ1) is 17.1. The molecule has 3 atom stereocenters. The molecule has 0 amide bonds. The predicted molar refractivity (Wildman–Crippen MR) is 81.1 cm³/mol. The number of hydrogen-bond donors (Lipinski definition) is 1. The van der Waals surface area contributed by atoms with Crippen molar-refractivity contribution in [3.8, 4) is 0 Å². The first-order chi connectivity index (χ1) is 8.48. The van der Waals surface area contributed by atoms with Gasteiger partial charge in [-0.3, -0.25) is 5.14 Å². The molecule has 2 unspecified atom stereocenters. The van der Waals surface area contributed by atoms with Crippen molar-refractivity contribution in [3.05, 3.63) is 0 Å².